The maximum Gasteiger partial charge on any atom is 0.263 e. The van der Waals surface area contributed by atoms with Crippen molar-refractivity contribution in [2.75, 3.05) is 0 Å². The van der Waals surface area contributed by atoms with Crippen molar-refractivity contribution in [1.82, 2.24) is 4.98 Å². The first-order valence-electron chi connectivity index (χ1n) is 5.12. The van der Waals surface area contributed by atoms with E-state index in [-0.39, 0.29) is 22.6 Å². The van der Waals surface area contributed by atoms with Gasteiger partial charge in [-0.05, 0) is 30.3 Å². The molecule has 2 rings (SSSR count). The van der Waals surface area contributed by atoms with Crippen molar-refractivity contribution in [3.05, 3.63) is 63.9 Å². The van der Waals surface area contributed by atoms with Gasteiger partial charge in [-0.25, -0.2) is 8.78 Å². The summed E-state index contributed by atoms with van der Waals surface area (Å²) in [4.78, 5) is 16.0. The molecule has 0 fully saturated rings. The maximum atomic E-state index is 12.6. The molecule has 2 aromatic rings. The zero-order valence-corrected chi connectivity index (χ0v) is 10.7. The Labute approximate surface area is 111 Å². The van der Waals surface area contributed by atoms with E-state index >= 15 is 0 Å². The van der Waals surface area contributed by atoms with Crippen molar-refractivity contribution in [1.29, 1.82) is 0 Å². The molecule has 0 spiro atoms. The van der Waals surface area contributed by atoms with Gasteiger partial charge in [-0.2, -0.15) is 0 Å². The van der Waals surface area contributed by atoms with Gasteiger partial charge in [0.25, 0.3) is 6.43 Å². The van der Waals surface area contributed by atoms with Gasteiger partial charge in [0.1, 0.15) is 5.69 Å². The predicted molar refractivity (Wildman–Crippen MR) is 66.8 cm³/mol. The fourth-order valence-corrected chi connectivity index (χ4v) is 2.03. The van der Waals surface area contributed by atoms with E-state index in [4.69, 9.17) is 0 Å². The number of ketones is 1. The molecule has 5 heteroatoms. The number of carbonyl (C=O) groups excluding carboxylic acids is 1. The molecule has 0 aliphatic rings. The minimum atomic E-state index is -2.61. The van der Waals surface area contributed by atoms with E-state index in [2.05, 4.69) is 20.9 Å². The first kappa shape index (κ1) is 12.8. The van der Waals surface area contributed by atoms with Gasteiger partial charge in [0, 0.05) is 21.8 Å². The lowest BCUT2D eigenvalue weighted by atomic mass is 10.0. The van der Waals surface area contributed by atoms with Crippen molar-refractivity contribution >= 4 is 21.7 Å². The van der Waals surface area contributed by atoms with E-state index < -0.39 is 6.43 Å². The number of halogens is 3. The topological polar surface area (TPSA) is 30.0 Å². The van der Waals surface area contributed by atoms with Crippen molar-refractivity contribution in [2.24, 2.45) is 0 Å². The van der Waals surface area contributed by atoms with E-state index in [1.807, 2.05) is 0 Å². The van der Waals surface area contributed by atoms with Crippen LogP contribution in [-0.4, -0.2) is 10.8 Å². The van der Waals surface area contributed by atoms with E-state index in [0.717, 1.165) is 0 Å². The minimum absolute atomic E-state index is 0.191. The molecule has 0 amide bonds. The quantitative estimate of drug-likeness (QED) is 0.802. The molecule has 1 heterocycles. The summed E-state index contributed by atoms with van der Waals surface area (Å²) >= 11 is 3.12. The zero-order chi connectivity index (χ0) is 13.1. The van der Waals surface area contributed by atoms with Gasteiger partial charge in [0.05, 0.1) is 0 Å². The number of alkyl halides is 2. The number of rotatable bonds is 3. The lowest BCUT2D eigenvalue weighted by molar-refractivity contribution is 0.103. The summed E-state index contributed by atoms with van der Waals surface area (Å²) < 4.78 is 25.7. The second-order valence-electron chi connectivity index (χ2n) is 3.62. The molecule has 1 aromatic heterocycles. The lowest BCUT2D eigenvalue weighted by Crippen LogP contribution is -2.04. The van der Waals surface area contributed by atoms with Gasteiger partial charge in [-0.15, -0.1) is 0 Å². The van der Waals surface area contributed by atoms with Crippen molar-refractivity contribution in [3.8, 4) is 0 Å². The Balaban J connectivity index is 2.42. The van der Waals surface area contributed by atoms with Crippen molar-refractivity contribution in [2.45, 2.75) is 6.43 Å². The van der Waals surface area contributed by atoms with Crippen molar-refractivity contribution < 1.29 is 13.6 Å². The molecule has 0 bridgehead atoms. The largest absolute Gasteiger partial charge is 0.287 e. The first-order valence-corrected chi connectivity index (χ1v) is 5.91. The summed E-state index contributed by atoms with van der Waals surface area (Å²) in [5.41, 5.74) is 0.234. The third-order valence-electron chi connectivity index (χ3n) is 2.33. The third-order valence-corrected chi connectivity index (χ3v) is 2.79. The van der Waals surface area contributed by atoms with Crippen LogP contribution in [0.15, 0.2) is 47.1 Å². The predicted octanol–water partition coefficient (Wildman–Crippen LogP) is 4.01. The number of carbonyl (C=O) groups is 1. The maximum absolute atomic E-state index is 12.6. The molecule has 2 nitrogen and oxygen atoms in total. The second-order valence-corrected chi connectivity index (χ2v) is 4.53. The third kappa shape index (κ3) is 2.79. The molecule has 0 aliphatic carbocycles. The van der Waals surface area contributed by atoms with Crippen molar-refractivity contribution in [3.63, 3.8) is 0 Å². The van der Waals surface area contributed by atoms with Crippen LogP contribution in [0.25, 0.3) is 0 Å². The standard InChI is InChI=1S/C13H8BrF2NO/c14-10-6-8(5-9(7-10)13(15)16)12(18)11-3-1-2-4-17-11/h1-7,13H. The molecule has 0 saturated carbocycles. The Morgan fingerprint density at radius 2 is 2.00 bits per heavy atom. The van der Waals surface area contributed by atoms with Gasteiger partial charge in [-0.1, -0.05) is 22.0 Å². The summed E-state index contributed by atoms with van der Waals surface area (Å²) in [6.45, 7) is 0. The summed E-state index contributed by atoms with van der Waals surface area (Å²) in [5, 5.41) is 0. The Hall–Kier alpha value is -1.62. The van der Waals surface area contributed by atoms with Crippen LogP contribution in [0.5, 0.6) is 0 Å². The number of pyridine rings is 1. The van der Waals surface area contributed by atoms with Crippen LogP contribution in [0.4, 0.5) is 8.78 Å². The summed E-state index contributed by atoms with van der Waals surface area (Å²) in [5.74, 6) is -0.376. The molecule has 0 unspecified atom stereocenters. The van der Waals surface area contributed by atoms with Crippen LogP contribution in [0, 0.1) is 0 Å². The fourth-order valence-electron chi connectivity index (χ4n) is 1.51. The molecular formula is C13H8BrF2NO. The van der Waals surface area contributed by atoms with Gasteiger partial charge >= 0.3 is 0 Å². The van der Waals surface area contributed by atoms with Crippen LogP contribution in [-0.2, 0) is 0 Å². The molecule has 1 aromatic carbocycles. The Kier molecular flexibility index (Phi) is 3.81. The number of hydrogen-bond donors (Lipinski definition) is 0. The van der Waals surface area contributed by atoms with Gasteiger partial charge in [-0.3, -0.25) is 9.78 Å². The lowest BCUT2D eigenvalue weighted by Gasteiger charge is -2.05. The van der Waals surface area contributed by atoms with Crippen LogP contribution in [0.2, 0.25) is 0 Å². The first-order chi connectivity index (χ1) is 8.58. The van der Waals surface area contributed by atoms with Crippen LogP contribution < -0.4 is 0 Å². The van der Waals surface area contributed by atoms with E-state index in [0.29, 0.717) is 4.47 Å². The number of nitrogens with zero attached hydrogens (tertiary/aromatic N) is 1. The second kappa shape index (κ2) is 5.35. The molecular weight excluding hydrogens is 304 g/mol. The highest BCUT2D eigenvalue weighted by Crippen LogP contribution is 2.25. The molecule has 92 valence electrons. The van der Waals surface area contributed by atoms with Gasteiger partial charge in [0.2, 0.25) is 5.78 Å². The highest BCUT2D eigenvalue weighted by atomic mass is 79.9. The van der Waals surface area contributed by atoms with Crippen LogP contribution in [0.1, 0.15) is 28.0 Å². The smallest absolute Gasteiger partial charge is 0.263 e. The number of aromatic nitrogens is 1. The molecule has 0 aliphatic heterocycles. The average molecular weight is 312 g/mol. The fraction of sp³-hybridized carbons (Fsp3) is 0.0769. The number of hydrogen-bond acceptors (Lipinski definition) is 2. The highest BCUT2D eigenvalue weighted by molar-refractivity contribution is 9.10. The average Bonchev–Trinajstić information content (AvgIpc) is 2.38. The van der Waals surface area contributed by atoms with E-state index in [1.165, 1.54) is 24.4 Å². The molecule has 0 N–H and O–H groups in total. The molecule has 0 saturated heterocycles. The Bertz CT molecular complexity index is 572. The van der Waals surface area contributed by atoms with Gasteiger partial charge in [0.15, 0.2) is 0 Å². The van der Waals surface area contributed by atoms with E-state index in [1.54, 1.807) is 18.2 Å². The normalized spacial score (nSPS) is 10.7. The molecule has 0 atom stereocenters. The molecule has 0 radical (unpaired) electrons. The Morgan fingerprint density at radius 1 is 1.22 bits per heavy atom. The van der Waals surface area contributed by atoms with Crippen LogP contribution in [0.3, 0.4) is 0 Å². The summed E-state index contributed by atoms with van der Waals surface area (Å²) in [7, 11) is 0. The highest BCUT2D eigenvalue weighted by Gasteiger charge is 2.15. The summed E-state index contributed by atoms with van der Waals surface area (Å²) in [6.07, 6.45) is -1.13. The minimum Gasteiger partial charge on any atom is -0.287 e. The number of benzene rings is 1. The Morgan fingerprint density at radius 3 is 2.61 bits per heavy atom. The monoisotopic (exact) mass is 311 g/mol. The molecule has 18 heavy (non-hydrogen) atoms. The van der Waals surface area contributed by atoms with Crippen LogP contribution >= 0.6 is 15.9 Å². The van der Waals surface area contributed by atoms with Gasteiger partial charge < -0.3 is 0 Å². The van der Waals surface area contributed by atoms with E-state index in [9.17, 15) is 13.6 Å². The summed E-state index contributed by atoms with van der Waals surface area (Å²) in [6, 6.07) is 8.88. The SMILES string of the molecule is O=C(c1cc(Br)cc(C(F)F)c1)c1ccccn1. The zero-order valence-electron chi connectivity index (χ0n) is 9.11.